The first-order valence-corrected chi connectivity index (χ1v) is 6.93. The van der Waals surface area contributed by atoms with Crippen LogP contribution in [0.15, 0.2) is 24.3 Å². The van der Waals surface area contributed by atoms with E-state index in [9.17, 15) is 10.1 Å². The molecule has 0 aromatic heterocycles. The quantitative estimate of drug-likeness (QED) is 0.423. The fourth-order valence-corrected chi connectivity index (χ4v) is 2.06. The number of anilines is 1. The van der Waals surface area contributed by atoms with E-state index in [4.69, 9.17) is 0 Å². The number of nitro benzene ring substituents is 1. The van der Waals surface area contributed by atoms with Gasteiger partial charge in [-0.25, -0.2) is 0 Å². The minimum absolute atomic E-state index is 0.145. The first kappa shape index (κ1) is 15.5. The van der Waals surface area contributed by atoms with Gasteiger partial charge in [0, 0.05) is 12.6 Å². The molecule has 1 rings (SSSR count). The van der Waals surface area contributed by atoms with Crippen LogP contribution in [0.3, 0.4) is 0 Å². The smallest absolute Gasteiger partial charge is 0.292 e. The Morgan fingerprint density at radius 3 is 2.58 bits per heavy atom. The molecule has 0 atom stereocenters. The van der Waals surface area contributed by atoms with Crippen molar-refractivity contribution < 1.29 is 4.92 Å². The highest BCUT2D eigenvalue weighted by Crippen LogP contribution is 2.28. The number of para-hydroxylation sites is 2. The third-order valence-electron chi connectivity index (χ3n) is 3.32. The van der Waals surface area contributed by atoms with Crippen molar-refractivity contribution in [2.75, 3.05) is 11.9 Å². The Labute approximate surface area is 115 Å². The summed E-state index contributed by atoms with van der Waals surface area (Å²) in [5.41, 5.74) is 0.904. The molecular formula is C15H24N2O2. The van der Waals surface area contributed by atoms with Crippen LogP contribution in [-0.2, 0) is 0 Å². The van der Waals surface area contributed by atoms with Gasteiger partial charge < -0.3 is 5.32 Å². The second kappa shape index (κ2) is 7.12. The predicted molar refractivity (Wildman–Crippen MR) is 79.5 cm³/mol. The number of nitrogens with one attached hydrogen (secondary N) is 1. The lowest BCUT2D eigenvalue weighted by molar-refractivity contribution is -0.384. The molecule has 0 aliphatic carbocycles. The van der Waals surface area contributed by atoms with E-state index < -0.39 is 0 Å². The molecule has 0 aliphatic heterocycles. The monoisotopic (exact) mass is 264 g/mol. The van der Waals surface area contributed by atoms with E-state index in [0.717, 1.165) is 13.0 Å². The van der Waals surface area contributed by atoms with Crippen molar-refractivity contribution in [1.29, 1.82) is 0 Å². The Hall–Kier alpha value is -1.58. The van der Waals surface area contributed by atoms with Crippen molar-refractivity contribution in [3.8, 4) is 0 Å². The van der Waals surface area contributed by atoms with E-state index in [2.05, 4.69) is 26.1 Å². The van der Waals surface area contributed by atoms with Gasteiger partial charge in [-0.15, -0.1) is 0 Å². The summed E-state index contributed by atoms with van der Waals surface area (Å²) in [7, 11) is 0. The van der Waals surface area contributed by atoms with Crippen LogP contribution in [0, 0.1) is 15.5 Å². The van der Waals surface area contributed by atoms with Gasteiger partial charge in [0.25, 0.3) is 5.69 Å². The Kier molecular flexibility index (Phi) is 5.80. The summed E-state index contributed by atoms with van der Waals surface area (Å²) in [5.74, 6) is 0. The number of rotatable bonds is 8. The minimum atomic E-state index is -0.341. The molecule has 0 saturated heterocycles. The van der Waals surface area contributed by atoms with Gasteiger partial charge in [-0.3, -0.25) is 10.1 Å². The summed E-state index contributed by atoms with van der Waals surface area (Å²) < 4.78 is 0. The van der Waals surface area contributed by atoms with Crippen molar-refractivity contribution in [2.45, 2.75) is 46.5 Å². The van der Waals surface area contributed by atoms with Gasteiger partial charge in [0.05, 0.1) is 4.92 Å². The van der Waals surface area contributed by atoms with E-state index in [1.54, 1.807) is 12.1 Å². The summed E-state index contributed by atoms with van der Waals surface area (Å²) in [6.45, 7) is 7.34. The third-order valence-corrected chi connectivity index (χ3v) is 3.32. The van der Waals surface area contributed by atoms with Crippen LogP contribution in [0.2, 0.25) is 0 Å². The topological polar surface area (TPSA) is 55.2 Å². The zero-order chi connectivity index (χ0) is 14.3. The number of hydrogen-bond acceptors (Lipinski definition) is 3. The molecule has 1 aromatic carbocycles. The van der Waals surface area contributed by atoms with E-state index in [1.165, 1.54) is 25.3 Å². The fourth-order valence-electron chi connectivity index (χ4n) is 2.06. The van der Waals surface area contributed by atoms with E-state index in [-0.39, 0.29) is 16.0 Å². The fraction of sp³-hybridized carbons (Fsp3) is 0.600. The second-order valence-electron chi connectivity index (χ2n) is 5.75. The molecule has 0 unspecified atom stereocenters. The Balaban J connectivity index is 2.58. The number of unbranched alkanes of at least 4 members (excludes halogenated alkanes) is 2. The Morgan fingerprint density at radius 1 is 1.26 bits per heavy atom. The molecule has 0 aliphatic rings. The summed E-state index contributed by atoms with van der Waals surface area (Å²) in [4.78, 5) is 10.6. The molecule has 1 aromatic rings. The highest BCUT2D eigenvalue weighted by atomic mass is 16.6. The predicted octanol–water partition coefficient (Wildman–Crippen LogP) is 4.61. The molecular weight excluding hydrogens is 240 g/mol. The van der Waals surface area contributed by atoms with Crippen LogP contribution in [-0.4, -0.2) is 11.5 Å². The molecule has 0 fully saturated rings. The van der Waals surface area contributed by atoms with Crippen molar-refractivity contribution in [3.63, 3.8) is 0 Å². The van der Waals surface area contributed by atoms with Crippen molar-refractivity contribution in [1.82, 2.24) is 0 Å². The van der Waals surface area contributed by atoms with Gasteiger partial charge >= 0.3 is 0 Å². The van der Waals surface area contributed by atoms with Crippen LogP contribution in [0.1, 0.15) is 46.5 Å². The number of benzene rings is 1. The standard InChI is InChI=1S/C15H24N2O2/c1-4-5-8-11-15(2,3)12-16-13-9-6-7-10-14(13)17(18)19/h6-7,9-10,16H,4-5,8,11-12H2,1-3H3. The molecule has 0 radical (unpaired) electrons. The lowest BCUT2D eigenvalue weighted by Crippen LogP contribution is -2.23. The number of nitrogens with zero attached hydrogens (tertiary/aromatic N) is 1. The Morgan fingerprint density at radius 2 is 1.95 bits per heavy atom. The van der Waals surface area contributed by atoms with Crippen molar-refractivity contribution in [3.05, 3.63) is 34.4 Å². The number of nitro groups is 1. The molecule has 4 heteroatoms. The van der Waals surface area contributed by atoms with E-state index in [0.29, 0.717) is 5.69 Å². The minimum Gasteiger partial charge on any atom is -0.379 e. The van der Waals surface area contributed by atoms with Crippen molar-refractivity contribution in [2.24, 2.45) is 5.41 Å². The third kappa shape index (κ3) is 5.28. The zero-order valence-electron chi connectivity index (χ0n) is 12.1. The largest absolute Gasteiger partial charge is 0.379 e. The van der Waals surface area contributed by atoms with Gasteiger partial charge in [-0.2, -0.15) is 0 Å². The molecule has 0 spiro atoms. The maximum absolute atomic E-state index is 10.9. The highest BCUT2D eigenvalue weighted by molar-refractivity contribution is 5.61. The highest BCUT2D eigenvalue weighted by Gasteiger charge is 2.19. The SMILES string of the molecule is CCCCCC(C)(C)CNc1ccccc1[N+](=O)[O-]. The van der Waals surface area contributed by atoms with Gasteiger partial charge in [0.2, 0.25) is 0 Å². The Bertz CT molecular complexity index is 416. The molecule has 4 nitrogen and oxygen atoms in total. The summed E-state index contributed by atoms with van der Waals surface area (Å²) >= 11 is 0. The maximum Gasteiger partial charge on any atom is 0.292 e. The van der Waals surface area contributed by atoms with Gasteiger partial charge in [0.15, 0.2) is 0 Å². The van der Waals surface area contributed by atoms with Gasteiger partial charge in [0.1, 0.15) is 5.69 Å². The van der Waals surface area contributed by atoms with Crippen LogP contribution in [0.25, 0.3) is 0 Å². The second-order valence-corrected chi connectivity index (χ2v) is 5.75. The molecule has 0 saturated carbocycles. The first-order chi connectivity index (χ1) is 8.96. The maximum atomic E-state index is 10.9. The number of hydrogen-bond donors (Lipinski definition) is 1. The lowest BCUT2D eigenvalue weighted by atomic mass is 9.87. The van der Waals surface area contributed by atoms with Crippen molar-refractivity contribution >= 4 is 11.4 Å². The summed E-state index contributed by atoms with van der Waals surface area (Å²) in [6.07, 6.45) is 4.80. The van der Waals surface area contributed by atoms with E-state index >= 15 is 0 Å². The zero-order valence-corrected chi connectivity index (χ0v) is 12.1. The van der Waals surface area contributed by atoms with E-state index in [1.807, 2.05) is 6.07 Å². The molecule has 106 valence electrons. The molecule has 19 heavy (non-hydrogen) atoms. The lowest BCUT2D eigenvalue weighted by Gasteiger charge is -2.25. The van der Waals surface area contributed by atoms with Crippen LogP contribution in [0.5, 0.6) is 0 Å². The van der Waals surface area contributed by atoms with Crippen LogP contribution >= 0.6 is 0 Å². The summed E-state index contributed by atoms with van der Waals surface area (Å²) in [5, 5.41) is 14.1. The molecule has 0 amide bonds. The molecule has 0 bridgehead atoms. The first-order valence-electron chi connectivity index (χ1n) is 6.93. The van der Waals surface area contributed by atoms with Gasteiger partial charge in [-0.05, 0) is 17.9 Å². The molecule has 0 heterocycles. The van der Waals surface area contributed by atoms with Crippen LogP contribution in [0.4, 0.5) is 11.4 Å². The van der Waals surface area contributed by atoms with Gasteiger partial charge in [-0.1, -0.05) is 52.2 Å². The average molecular weight is 264 g/mol. The van der Waals surface area contributed by atoms with Crippen LogP contribution < -0.4 is 5.32 Å². The average Bonchev–Trinajstić information content (AvgIpc) is 2.37. The normalized spacial score (nSPS) is 11.3. The molecule has 1 N–H and O–H groups in total. The summed E-state index contributed by atoms with van der Waals surface area (Å²) in [6, 6.07) is 6.81.